The largest absolute Gasteiger partial charge is 0.393 e. The standard InChI is InChI=1S/C23H36N2O4S/c1-18-5-3-4-6-22(18)30(27,28)25-13-11-23(12-14-25)15-21(29-17-23)16-24(2)19-7-9-20(26)10-8-19/h3-6,19-21,26H,7-17H2,1-2H3/t19?,20?,21-/m0/s1. The lowest BCUT2D eigenvalue weighted by Crippen LogP contribution is -2.44. The van der Waals surface area contributed by atoms with Crippen molar-refractivity contribution in [1.29, 1.82) is 0 Å². The molecule has 168 valence electrons. The van der Waals surface area contributed by atoms with Gasteiger partial charge in [0.05, 0.1) is 23.7 Å². The number of aliphatic hydroxyl groups is 1. The Hall–Kier alpha value is -0.990. The zero-order valence-corrected chi connectivity index (χ0v) is 19.1. The fraction of sp³-hybridized carbons (Fsp3) is 0.739. The van der Waals surface area contributed by atoms with Crippen LogP contribution in [-0.4, -0.2) is 74.3 Å². The van der Waals surface area contributed by atoms with E-state index in [1.165, 1.54) is 0 Å². The van der Waals surface area contributed by atoms with E-state index in [0.29, 0.717) is 24.0 Å². The Morgan fingerprint density at radius 3 is 2.50 bits per heavy atom. The van der Waals surface area contributed by atoms with Crippen molar-refractivity contribution in [2.24, 2.45) is 5.41 Å². The summed E-state index contributed by atoms with van der Waals surface area (Å²) in [5.41, 5.74) is 0.923. The van der Waals surface area contributed by atoms with Gasteiger partial charge in [0.25, 0.3) is 0 Å². The Bertz CT molecular complexity index is 827. The maximum Gasteiger partial charge on any atom is 0.243 e. The number of aryl methyl sites for hydroxylation is 1. The number of hydrogen-bond acceptors (Lipinski definition) is 5. The topological polar surface area (TPSA) is 70.1 Å². The van der Waals surface area contributed by atoms with Crippen LogP contribution in [0, 0.1) is 12.3 Å². The zero-order valence-electron chi connectivity index (χ0n) is 18.3. The maximum atomic E-state index is 13.1. The molecular weight excluding hydrogens is 400 g/mol. The Morgan fingerprint density at radius 1 is 1.17 bits per heavy atom. The van der Waals surface area contributed by atoms with E-state index in [1.54, 1.807) is 16.4 Å². The summed E-state index contributed by atoms with van der Waals surface area (Å²) in [6.45, 7) is 4.67. The van der Waals surface area contributed by atoms with Gasteiger partial charge in [0, 0.05) is 25.7 Å². The van der Waals surface area contributed by atoms with Crippen LogP contribution in [0.15, 0.2) is 29.2 Å². The lowest BCUT2D eigenvalue weighted by molar-refractivity contribution is 0.0372. The van der Waals surface area contributed by atoms with Gasteiger partial charge in [0.1, 0.15) is 0 Å². The number of likely N-dealkylation sites (N-methyl/N-ethyl adjacent to an activating group) is 1. The summed E-state index contributed by atoms with van der Waals surface area (Å²) in [4.78, 5) is 2.84. The summed E-state index contributed by atoms with van der Waals surface area (Å²) in [6, 6.07) is 7.78. The van der Waals surface area contributed by atoms with Gasteiger partial charge in [-0.1, -0.05) is 18.2 Å². The third-order valence-electron chi connectivity index (χ3n) is 7.56. The van der Waals surface area contributed by atoms with Gasteiger partial charge >= 0.3 is 0 Å². The summed E-state index contributed by atoms with van der Waals surface area (Å²) in [7, 11) is -1.25. The minimum absolute atomic E-state index is 0.117. The highest BCUT2D eigenvalue weighted by Gasteiger charge is 2.45. The Labute approximate surface area is 181 Å². The molecule has 2 saturated heterocycles. The van der Waals surface area contributed by atoms with Crippen LogP contribution < -0.4 is 0 Å². The summed E-state index contributed by atoms with van der Waals surface area (Å²) < 4.78 is 34.0. The fourth-order valence-electron chi connectivity index (χ4n) is 5.52. The SMILES string of the molecule is Cc1ccccc1S(=O)(=O)N1CCC2(CC1)CO[C@H](CN(C)C1CCC(O)CC1)C2. The van der Waals surface area contributed by atoms with Crippen molar-refractivity contribution < 1.29 is 18.3 Å². The van der Waals surface area contributed by atoms with E-state index in [1.807, 2.05) is 19.1 Å². The molecule has 30 heavy (non-hydrogen) atoms. The highest BCUT2D eigenvalue weighted by molar-refractivity contribution is 7.89. The molecule has 3 fully saturated rings. The van der Waals surface area contributed by atoms with Crippen LogP contribution in [-0.2, 0) is 14.8 Å². The average Bonchev–Trinajstić information content (AvgIpc) is 3.10. The maximum absolute atomic E-state index is 13.1. The van der Waals surface area contributed by atoms with Gasteiger partial charge in [-0.15, -0.1) is 0 Å². The zero-order chi connectivity index (χ0) is 21.4. The number of hydrogen-bond donors (Lipinski definition) is 1. The van der Waals surface area contributed by atoms with E-state index >= 15 is 0 Å². The highest BCUT2D eigenvalue weighted by Crippen LogP contribution is 2.43. The minimum Gasteiger partial charge on any atom is -0.393 e. The molecule has 1 atom stereocenters. The van der Waals surface area contributed by atoms with E-state index in [2.05, 4.69) is 11.9 Å². The van der Waals surface area contributed by atoms with Crippen LogP contribution in [0.2, 0.25) is 0 Å². The monoisotopic (exact) mass is 436 g/mol. The Balaban J connectivity index is 1.31. The number of sulfonamides is 1. The van der Waals surface area contributed by atoms with Crippen molar-refractivity contribution in [3.63, 3.8) is 0 Å². The second kappa shape index (κ2) is 8.87. The summed E-state index contributed by atoms with van der Waals surface area (Å²) in [5.74, 6) is 0. The van der Waals surface area contributed by atoms with E-state index < -0.39 is 10.0 Å². The molecule has 0 radical (unpaired) electrons. The Morgan fingerprint density at radius 2 is 1.83 bits per heavy atom. The third kappa shape index (κ3) is 4.60. The van der Waals surface area contributed by atoms with E-state index in [9.17, 15) is 13.5 Å². The van der Waals surface area contributed by atoms with E-state index in [4.69, 9.17) is 4.74 Å². The Kier molecular flexibility index (Phi) is 6.56. The van der Waals surface area contributed by atoms with Crippen molar-refractivity contribution in [2.45, 2.75) is 75.0 Å². The normalized spacial score (nSPS) is 30.2. The van der Waals surface area contributed by atoms with Crippen LogP contribution in [0.3, 0.4) is 0 Å². The summed E-state index contributed by atoms with van der Waals surface area (Å²) >= 11 is 0. The predicted molar refractivity (Wildman–Crippen MR) is 117 cm³/mol. The molecule has 4 rings (SSSR count). The molecule has 1 N–H and O–H groups in total. The first-order valence-electron chi connectivity index (χ1n) is 11.3. The smallest absolute Gasteiger partial charge is 0.243 e. The molecule has 1 aromatic rings. The van der Waals surface area contributed by atoms with Crippen LogP contribution in [0.5, 0.6) is 0 Å². The fourth-order valence-corrected chi connectivity index (χ4v) is 7.18. The lowest BCUT2D eigenvalue weighted by Gasteiger charge is -2.38. The van der Waals surface area contributed by atoms with Crippen LogP contribution in [0.1, 0.15) is 50.5 Å². The number of aliphatic hydroxyl groups excluding tert-OH is 1. The van der Waals surface area contributed by atoms with Gasteiger partial charge in [-0.05, 0) is 76.0 Å². The average molecular weight is 437 g/mol. The van der Waals surface area contributed by atoms with Crippen LogP contribution in [0.25, 0.3) is 0 Å². The van der Waals surface area contributed by atoms with Crippen LogP contribution >= 0.6 is 0 Å². The van der Waals surface area contributed by atoms with E-state index in [0.717, 1.165) is 63.7 Å². The third-order valence-corrected chi connectivity index (χ3v) is 9.62. The molecule has 1 aromatic carbocycles. The first-order chi connectivity index (χ1) is 14.3. The molecule has 0 aromatic heterocycles. The van der Waals surface area contributed by atoms with Gasteiger partial charge in [-0.25, -0.2) is 8.42 Å². The number of ether oxygens (including phenoxy) is 1. The molecule has 6 nitrogen and oxygen atoms in total. The first kappa shape index (κ1) is 22.2. The number of rotatable bonds is 5. The van der Waals surface area contributed by atoms with Crippen molar-refractivity contribution >= 4 is 10.0 Å². The quantitative estimate of drug-likeness (QED) is 0.769. The highest BCUT2D eigenvalue weighted by atomic mass is 32.2. The second-order valence-corrected chi connectivity index (χ2v) is 11.6. The first-order valence-corrected chi connectivity index (χ1v) is 12.8. The van der Waals surface area contributed by atoms with Crippen molar-refractivity contribution in [3.05, 3.63) is 29.8 Å². The van der Waals surface area contributed by atoms with E-state index in [-0.39, 0.29) is 17.6 Å². The molecule has 1 aliphatic carbocycles. The molecular formula is C23H36N2O4S. The number of benzene rings is 1. The minimum atomic E-state index is -3.43. The molecule has 1 saturated carbocycles. The van der Waals surface area contributed by atoms with Gasteiger partial charge < -0.3 is 14.7 Å². The molecule has 7 heteroatoms. The number of nitrogens with zero attached hydrogens (tertiary/aromatic N) is 2. The van der Waals surface area contributed by atoms with Gasteiger partial charge in [-0.2, -0.15) is 4.31 Å². The molecule has 3 aliphatic rings. The molecule has 1 spiro atoms. The summed E-state index contributed by atoms with van der Waals surface area (Å²) in [5, 5.41) is 9.74. The number of piperidine rings is 1. The molecule has 0 amide bonds. The predicted octanol–water partition coefficient (Wildman–Crippen LogP) is 2.79. The van der Waals surface area contributed by atoms with Crippen LogP contribution in [0.4, 0.5) is 0 Å². The molecule has 0 bridgehead atoms. The van der Waals surface area contributed by atoms with Crippen molar-refractivity contribution in [2.75, 3.05) is 33.3 Å². The molecule has 2 heterocycles. The van der Waals surface area contributed by atoms with Crippen molar-refractivity contribution in [3.8, 4) is 0 Å². The second-order valence-electron chi connectivity index (χ2n) is 9.71. The molecule has 0 unspecified atom stereocenters. The van der Waals surface area contributed by atoms with Gasteiger partial charge in [0.15, 0.2) is 0 Å². The molecule has 2 aliphatic heterocycles. The summed E-state index contributed by atoms with van der Waals surface area (Å²) in [6.07, 6.45) is 6.77. The van der Waals surface area contributed by atoms with Crippen molar-refractivity contribution in [1.82, 2.24) is 9.21 Å². The van der Waals surface area contributed by atoms with Gasteiger partial charge in [-0.3, -0.25) is 0 Å². The lowest BCUT2D eigenvalue weighted by atomic mass is 9.77. The van der Waals surface area contributed by atoms with Gasteiger partial charge in [0.2, 0.25) is 10.0 Å².